The van der Waals surface area contributed by atoms with Crippen molar-refractivity contribution in [2.24, 2.45) is 0 Å². The first-order valence-corrected chi connectivity index (χ1v) is 8.31. The molecule has 1 aromatic rings. The molecule has 0 aliphatic carbocycles. The molecule has 0 unspecified atom stereocenters. The summed E-state index contributed by atoms with van der Waals surface area (Å²) in [7, 11) is 0. The van der Waals surface area contributed by atoms with Gasteiger partial charge in [0, 0.05) is 37.6 Å². The molecule has 0 atom stereocenters. The molecule has 0 bridgehead atoms. The fourth-order valence-corrected chi connectivity index (χ4v) is 2.78. The van der Waals surface area contributed by atoms with Gasteiger partial charge in [0.15, 0.2) is 4.84 Å². The van der Waals surface area contributed by atoms with Crippen LogP contribution in [0, 0.1) is 0 Å². The highest BCUT2D eigenvalue weighted by atomic mass is 35.5. The second-order valence-corrected chi connectivity index (χ2v) is 6.67. The predicted molar refractivity (Wildman–Crippen MR) is 88.4 cm³/mol. The first kappa shape index (κ1) is 17.4. The van der Waals surface area contributed by atoms with Crippen molar-refractivity contribution in [2.75, 3.05) is 26.2 Å². The molecule has 2 rings (SSSR count). The van der Waals surface area contributed by atoms with Gasteiger partial charge in [0.25, 0.3) is 5.91 Å². The Hall–Kier alpha value is -0.970. The molecule has 1 aliphatic heterocycles. The maximum atomic E-state index is 12.2. The van der Waals surface area contributed by atoms with Gasteiger partial charge in [-0.1, -0.05) is 46.9 Å². The Balaban J connectivity index is 1.77. The number of alkyl halides is 2. The Bertz CT molecular complexity index is 526. The summed E-state index contributed by atoms with van der Waals surface area (Å²) in [5, 5.41) is 0.688. The van der Waals surface area contributed by atoms with Crippen LogP contribution in [-0.2, 0) is 16.0 Å². The number of carbonyl (C=O) groups is 2. The predicted octanol–water partition coefficient (Wildman–Crippen LogP) is 2.75. The minimum absolute atomic E-state index is 0.0929. The molecule has 0 spiro atoms. The Labute approximate surface area is 144 Å². The molecular formula is C15H17Cl3N2O2. The molecule has 0 radical (unpaired) electrons. The first-order chi connectivity index (χ1) is 10.5. The van der Waals surface area contributed by atoms with Gasteiger partial charge >= 0.3 is 0 Å². The van der Waals surface area contributed by atoms with Crippen molar-refractivity contribution in [1.82, 2.24) is 9.80 Å². The number of halogens is 3. The number of aryl methyl sites for hydroxylation is 1. The van der Waals surface area contributed by atoms with Crippen LogP contribution in [0.25, 0.3) is 0 Å². The van der Waals surface area contributed by atoms with Crippen LogP contribution in [0.15, 0.2) is 24.3 Å². The zero-order chi connectivity index (χ0) is 16.1. The van der Waals surface area contributed by atoms with E-state index in [2.05, 4.69) is 0 Å². The maximum absolute atomic E-state index is 12.2. The molecule has 1 aromatic carbocycles. The Morgan fingerprint density at radius 3 is 2.09 bits per heavy atom. The molecule has 4 nitrogen and oxygen atoms in total. The molecule has 0 N–H and O–H groups in total. The summed E-state index contributed by atoms with van der Waals surface area (Å²) in [6, 6.07) is 7.49. The molecule has 0 saturated carbocycles. The smallest absolute Gasteiger partial charge is 0.255 e. The Morgan fingerprint density at radius 2 is 1.55 bits per heavy atom. The summed E-state index contributed by atoms with van der Waals surface area (Å²) in [5.41, 5.74) is 1.08. The van der Waals surface area contributed by atoms with Gasteiger partial charge in [0.2, 0.25) is 5.91 Å². The zero-order valence-electron chi connectivity index (χ0n) is 12.0. The number of benzene rings is 1. The molecule has 1 heterocycles. The highest BCUT2D eigenvalue weighted by Crippen LogP contribution is 2.13. The third-order valence-corrected chi connectivity index (χ3v) is 4.30. The van der Waals surface area contributed by atoms with Gasteiger partial charge in [-0.05, 0) is 24.1 Å². The van der Waals surface area contributed by atoms with E-state index in [1.165, 1.54) is 0 Å². The summed E-state index contributed by atoms with van der Waals surface area (Å²) in [6.07, 6.45) is 1.13. The maximum Gasteiger partial charge on any atom is 0.255 e. The summed E-state index contributed by atoms with van der Waals surface area (Å²) in [5.74, 6) is -0.202. The van der Waals surface area contributed by atoms with Gasteiger partial charge in [-0.2, -0.15) is 0 Å². The van der Waals surface area contributed by atoms with Crippen LogP contribution in [-0.4, -0.2) is 52.6 Å². The van der Waals surface area contributed by atoms with Crippen molar-refractivity contribution >= 4 is 46.6 Å². The van der Waals surface area contributed by atoms with E-state index in [9.17, 15) is 9.59 Å². The number of piperazine rings is 1. The van der Waals surface area contributed by atoms with Crippen molar-refractivity contribution < 1.29 is 9.59 Å². The largest absolute Gasteiger partial charge is 0.339 e. The number of hydrogen-bond donors (Lipinski definition) is 0. The average molecular weight is 364 g/mol. The Morgan fingerprint density at radius 1 is 1.00 bits per heavy atom. The highest BCUT2D eigenvalue weighted by molar-refractivity contribution is 6.53. The number of rotatable bonds is 4. The lowest BCUT2D eigenvalue weighted by molar-refractivity contribution is -0.138. The fourth-order valence-electron chi connectivity index (χ4n) is 2.37. The second-order valence-electron chi connectivity index (χ2n) is 5.13. The van der Waals surface area contributed by atoms with Crippen molar-refractivity contribution in [1.29, 1.82) is 0 Å². The molecule has 2 amide bonds. The summed E-state index contributed by atoms with van der Waals surface area (Å²) < 4.78 is 0. The zero-order valence-corrected chi connectivity index (χ0v) is 14.2. The van der Waals surface area contributed by atoms with Crippen molar-refractivity contribution in [3.63, 3.8) is 0 Å². The van der Waals surface area contributed by atoms with Crippen molar-refractivity contribution in [3.05, 3.63) is 34.9 Å². The third kappa shape index (κ3) is 4.77. The molecule has 1 fully saturated rings. The highest BCUT2D eigenvalue weighted by Gasteiger charge is 2.26. The monoisotopic (exact) mass is 362 g/mol. The molecule has 7 heteroatoms. The lowest BCUT2D eigenvalue weighted by atomic mass is 10.1. The summed E-state index contributed by atoms with van der Waals surface area (Å²) in [4.78, 5) is 26.2. The van der Waals surface area contributed by atoms with Crippen molar-refractivity contribution in [3.8, 4) is 0 Å². The van der Waals surface area contributed by atoms with E-state index < -0.39 is 4.84 Å². The first-order valence-electron chi connectivity index (χ1n) is 7.06. The number of carbonyl (C=O) groups excluding carboxylic acids is 2. The number of hydrogen-bond acceptors (Lipinski definition) is 2. The van der Waals surface area contributed by atoms with Gasteiger partial charge in [-0.25, -0.2) is 0 Å². The second kappa shape index (κ2) is 8.04. The van der Waals surface area contributed by atoms with Crippen LogP contribution in [0.3, 0.4) is 0 Å². The van der Waals surface area contributed by atoms with Gasteiger partial charge in [0.05, 0.1) is 0 Å². The van der Waals surface area contributed by atoms with E-state index in [-0.39, 0.29) is 11.8 Å². The van der Waals surface area contributed by atoms with E-state index in [1.54, 1.807) is 9.80 Å². The van der Waals surface area contributed by atoms with Crippen molar-refractivity contribution in [2.45, 2.75) is 17.7 Å². The summed E-state index contributed by atoms with van der Waals surface area (Å²) in [6.45, 7) is 1.99. The molecule has 1 saturated heterocycles. The van der Waals surface area contributed by atoms with Crippen LogP contribution in [0.4, 0.5) is 0 Å². The van der Waals surface area contributed by atoms with Gasteiger partial charge in [0.1, 0.15) is 0 Å². The number of nitrogens with zero attached hydrogens (tertiary/aromatic N) is 2. The average Bonchev–Trinajstić information content (AvgIpc) is 2.53. The lowest BCUT2D eigenvalue weighted by Gasteiger charge is -2.35. The van der Waals surface area contributed by atoms with E-state index in [1.807, 2.05) is 24.3 Å². The van der Waals surface area contributed by atoms with E-state index in [0.29, 0.717) is 44.0 Å². The van der Waals surface area contributed by atoms with Crippen LogP contribution in [0.5, 0.6) is 0 Å². The quantitative estimate of drug-likeness (QED) is 0.772. The third-order valence-electron chi connectivity index (χ3n) is 3.67. The SMILES string of the molecule is O=C(CCc1ccc(Cl)cc1)N1CCN(C(=O)C(Cl)Cl)CC1. The molecule has 1 aliphatic rings. The number of amides is 2. The van der Waals surface area contributed by atoms with E-state index >= 15 is 0 Å². The lowest BCUT2D eigenvalue weighted by Crippen LogP contribution is -2.51. The molecule has 0 aromatic heterocycles. The van der Waals surface area contributed by atoms with Crippen LogP contribution >= 0.6 is 34.8 Å². The normalized spacial score (nSPS) is 15.3. The minimum Gasteiger partial charge on any atom is -0.339 e. The van der Waals surface area contributed by atoms with E-state index in [0.717, 1.165) is 5.56 Å². The van der Waals surface area contributed by atoms with Crippen LogP contribution in [0.1, 0.15) is 12.0 Å². The minimum atomic E-state index is -1.04. The van der Waals surface area contributed by atoms with Gasteiger partial charge < -0.3 is 9.80 Å². The fraction of sp³-hybridized carbons (Fsp3) is 0.467. The molecular weight excluding hydrogens is 347 g/mol. The van der Waals surface area contributed by atoms with E-state index in [4.69, 9.17) is 34.8 Å². The van der Waals surface area contributed by atoms with Crippen LogP contribution in [0.2, 0.25) is 5.02 Å². The summed E-state index contributed by atoms with van der Waals surface area (Å²) >= 11 is 17.0. The van der Waals surface area contributed by atoms with Crippen LogP contribution < -0.4 is 0 Å². The molecule has 120 valence electrons. The molecule has 22 heavy (non-hydrogen) atoms. The standard InChI is InChI=1S/C15H17Cl3N2O2/c16-12-4-1-11(2-5-12)3-6-13(21)19-7-9-20(10-8-19)15(22)14(17)18/h1-2,4-5,14H,3,6-10H2. The topological polar surface area (TPSA) is 40.6 Å². The van der Waals surface area contributed by atoms with Gasteiger partial charge in [-0.3, -0.25) is 9.59 Å². The Kier molecular flexibility index (Phi) is 6.36. The van der Waals surface area contributed by atoms with Gasteiger partial charge in [-0.15, -0.1) is 0 Å².